The summed E-state index contributed by atoms with van der Waals surface area (Å²) in [7, 11) is 0. The minimum absolute atomic E-state index is 0.520. The van der Waals surface area contributed by atoms with Crippen molar-refractivity contribution in [2.45, 2.75) is 38.6 Å². The highest BCUT2D eigenvalue weighted by Gasteiger charge is 2.12. The lowest BCUT2D eigenvalue weighted by atomic mass is 9.92. The zero-order valence-electron chi connectivity index (χ0n) is 12.9. The van der Waals surface area contributed by atoms with Gasteiger partial charge in [0.2, 0.25) is 0 Å². The summed E-state index contributed by atoms with van der Waals surface area (Å²) in [6.45, 7) is 5.41. The van der Waals surface area contributed by atoms with Crippen LogP contribution in [0.15, 0.2) is 54.6 Å². The molecule has 21 heavy (non-hydrogen) atoms. The van der Waals surface area contributed by atoms with E-state index < -0.39 is 0 Å². The first kappa shape index (κ1) is 16.1. The minimum Gasteiger partial charge on any atom is -0.314 e. The van der Waals surface area contributed by atoms with Gasteiger partial charge in [-0.05, 0) is 42.0 Å². The molecule has 1 unspecified atom stereocenters. The first-order valence-corrected chi connectivity index (χ1v) is 8.05. The van der Waals surface area contributed by atoms with Gasteiger partial charge in [-0.25, -0.2) is 0 Å². The average molecular weight is 302 g/mol. The van der Waals surface area contributed by atoms with E-state index in [9.17, 15) is 0 Å². The van der Waals surface area contributed by atoms with E-state index in [1.54, 1.807) is 0 Å². The summed E-state index contributed by atoms with van der Waals surface area (Å²) in [5.41, 5.74) is 2.77. The van der Waals surface area contributed by atoms with E-state index in [0.717, 1.165) is 24.4 Å². The molecule has 0 heterocycles. The molecule has 0 aromatic heterocycles. The summed E-state index contributed by atoms with van der Waals surface area (Å²) in [6.07, 6.45) is 2.22. The largest absolute Gasteiger partial charge is 0.314 e. The van der Waals surface area contributed by atoms with E-state index in [-0.39, 0.29) is 0 Å². The molecular formula is C19H24ClN. The molecule has 0 spiro atoms. The van der Waals surface area contributed by atoms with Crippen LogP contribution in [0.4, 0.5) is 0 Å². The second kappa shape index (κ2) is 8.21. The molecule has 0 bridgehead atoms. The van der Waals surface area contributed by atoms with Crippen LogP contribution in [0.2, 0.25) is 5.02 Å². The fourth-order valence-corrected chi connectivity index (χ4v) is 2.61. The van der Waals surface area contributed by atoms with E-state index >= 15 is 0 Å². The average Bonchev–Trinajstić information content (AvgIpc) is 2.50. The smallest absolute Gasteiger partial charge is 0.0406 e. The zero-order valence-corrected chi connectivity index (χ0v) is 13.6. The Balaban J connectivity index is 2.00. The Morgan fingerprint density at radius 2 is 1.62 bits per heavy atom. The lowest BCUT2D eigenvalue weighted by molar-refractivity contribution is 0.508. The van der Waals surface area contributed by atoms with Crippen molar-refractivity contribution >= 4 is 11.6 Å². The van der Waals surface area contributed by atoms with E-state index in [1.807, 2.05) is 12.1 Å². The molecule has 2 aromatic rings. The molecule has 1 nitrogen and oxygen atoms in total. The predicted molar refractivity (Wildman–Crippen MR) is 92.1 cm³/mol. The van der Waals surface area contributed by atoms with E-state index in [0.29, 0.717) is 12.0 Å². The number of benzene rings is 2. The molecule has 0 aliphatic carbocycles. The van der Waals surface area contributed by atoms with Gasteiger partial charge in [-0.2, -0.15) is 0 Å². The maximum Gasteiger partial charge on any atom is 0.0406 e. The van der Waals surface area contributed by atoms with Crippen LogP contribution in [0.5, 0.6) is 0 Å². The molecule has 0 saturated carbocycles. The van der Waals surface area contributed by atoms with Gasteiger partial charge in [0.1, 0.15) is 0 Å². The van der Waals surface area contributed by atoms with Crippen molar-refractivity contribution in [1.29, 1.82) is 0 Å². The normalized spacial score (nSPS) is 12.6. The highest BCUT2D eigenvalue weighted by Crippen LogP contribution is 2.22. The second-order valence-electron chi connectivity index (χ2n) is 5.84. The number of hydrogen-bond acceptors (Lipinski definition) is 1. The standard InChI is InChI=1S/C19H24ClN/c1-15(2)21-14-18(17-6-4-3-5-7-17)11-8-16-9-12-19(20)13-10-16/h3-7,9-10,12-13,15,18,21H,8,11,14H2,1-2H3. The fourth-order valence-electron chi connectivity index (χ4n) is 2.48. The number of aryl methyl sites for hydroxylation is 1. The Kier molecular flexibility index (Phi) is 6.28. The quantitative estimate of drug-likeness (QED) is 0.754. The van der Waals surface area contributed by atoms with Crippen molar-refractivity contribution in [2.75, 3.05) is 6.54 Å². The summed E-state index contributed by atoms with van der Waals surface area (Å²) in [5, 5.41) is 4.37. The summed E-state index contributed by atoms with van der Waals surface area (Å²) in [4.78, 5) is 0. The zero-order chi connectivity index (χ0) is 15.1. The Morgan fingerprint density at radius 3 is 2.24 bits per heavy atom. The highest BCUT2D eigenvalue weighted by atomic mass is 35.5. The molecule has 2 aromatic carbocycles. The maximum absolute atomic E-state index is 5.94. The maximum atomic E-state index is 5.94. The third-order valence-electron chi connectivity index (χ3n) is 3.74. The van der Waals surface area contributed by atoms with Gasteiger partial charge in [0.15, 0.2) is 0 Å². The van der Waals surface area contributed by atoms with Crippen LogP contribution in [0.3, 0.4) is 0 Å². The van der Waals surface area contributed by atoms with Gasteiger partial charge in [0, 0.05) is 17.6 Å². The van der Waals surface area contributed by atoms with Crippen LogP contribution in [0.25, 0.3) is 0 Å². The molecule has 112 valence electrons. The van der Waals surface area contributed by atoms with Crippen molar-refractivity contribution in [3.63, 3.8) is 0 Å². The second-order valence-corrected chi connectivity index (χ2v) is 6.27. The van der Waals surface area contributed by atoms with Crippen LogP contribution < -0.4 is 5.32 Å². The van der Waals surface area contributed by atoms with Crippen LogP contribution in [-0.4, -0.2) is 12.6 Å². The van der Waals surface area contributed by atoms with Crippen LogP contribution in [0, 0.1) is 0 Å². The minimum atomic E-state index is 0.520. The SMILES string of the molecule is CC(C)NCC(CCc1ccc(Cl)cc1)c1ccccc1. The molecule has 2 heteroatoms. The Bertz CT molecular complexity index is 519. The first-order valence-electron chi connectivity index (χ1n) is 7.68. The van der Waals surface area contributed by atoms with Gasteiger partial charge < -0.3 is 5.32 Å². The number of rotatable bonds is 7. The third kappa shape index (κ3) is 5.53. The molecule has 0 saturated heterocycles. The van der Waals surface area contributed by atoms with E-state index in [4.69, 9.17) is 11.6 Å². The lowest BCUT2D eigenvalue weighted by Gasteiger charge is -2.20. The predicted octanol–water partition coefficient (Wildman–Crippen LogP) is 5.05. The first-order chi connectivity index (χ1) is 10.1. The van der Waals surface area contributed by atoms with Gasteiger partial charge >= 0.3 is 0 Å². The molecule has 0 aliphatic rings. The molecular weight excluding hydrogens is 278 g/mol. The molecule has 0 radical (unpaired) electrons. The molecule has 1 N–H and O–H groups in total. The Morgan fingerprint density at radius 1 is 0.952 bits per heavy atom. The summed E-state index contributed by atoms with van der Waals surface area (Å²) >= 11 is 5.94. The van der Waals surface area contributed by atoms with Crippen molar-refractivity contribution < 1.29 is 0 Å². The van der Waals surface area contributed by atoms with Crippen molar-refractivity contribution in [2.24, 2.45) is 0 Å². The number of halogens is 1. The number of hydrogen-bond donors (Lipinski definition) is 1. The Labute approximate surface area is 133 Å². The van der Waals surface area contributed by atoms with Gasteiger partial charge in [0.25, 0.3) is 0 Å². The highest BCUT2D eigenvalue weighted by molar-refractivity contribution is 6.30. The summed E-state index contributed by atoms with van der Waals surface area (Å²) in [6, 6.07) is 19.5. The van der Waals surface area contributed by atoms with Gasteiger partial charge in [0.05, 0.1) is 0 Å². The third-order valence-corrected chi connectivity index (χ3v) is 3.99. The Hall–Kier alpha value is -1.31. The van der Waals surface area contributed by atoms with Gasteiger partial charge in [-0.1, -0.05) is 67.9 Å². The summed E-state index contributed by atoms with van der Waals surface area (Å²) < 4.78 is 0. The van der Waals surface area contributed by atoms with Gasteiger partial charge in [-0.3, -0.25) is 0 Å². The van der Waals surface area contributed by atoms with Gasteiger partial charge in [-0.15, -0.1) is 0 Å². The van der Waals surface area contributed by atoms with Crippen LogP contribution in [-0.2, 0) is 6.42 Å². The van der Waals surface area contributed by atoms with Crippen molar-refractivity contribution in [3.05, 3.63) is 70.7 Å². The lowest BCUT2D eigenvalue weighted by Crippen LogP contribution is -2.28. The van der Waals surface area contributed by atoms with Crippen molar-refractivity contribution in [1.82, 2.24) is 5.32 Å². The van der Waals surface area contributed by atoms with E-state index in [2.05, 4.69) is 61.6 Å². The molecule has 0 amide bonds. The van der Waals surface area contributed by atoms with Crippen LogP contribution in [0.1, 0.15) is 37.3 Å². The molecule has 1 atom stereocenters. The van der Waals surface area contributed by atoms with Crippen LogP contribution >= 0.6 is 11.6 Å². The van der Waals surface area contributed by atoms with E-state index in [1.165, 1.54) is 11.1 Å². The van der Waals surface area contributed by atoms with Crippen molar-refractivity contribution in [3.8, 4) is 0 Å². The topological polar surface area (TPSA) is 12.0 Å². The fraction of sp³-hybridized carbons (Fsp3) is 0.368. The molecule has 0 fully saturated rings. The number of nitrogens with one attached hydrogen (secondary N) is 1. The summed E-state index contributed by atoms with van der Waals surface area (Å²) in [5.74, 6) is 0.546. The molecule has 2 rings (SSSR count). The molecule has 0 aliphatic heterocycles. The monoisotopic (exact) mass is 301 g/mol.